The van der Waals surface area contributed by atoms with E-state index in [0.717, 1.165) is 33.1 Å². The predicted molar refractivity (Wildman–Crippen MR) is 85.0 cm³/mol. The molecule has 100 valence electrons. The molecule has 3 heteroatoms. The number of pyridine rings is 3. The summed E-state index contributed by atoms with van der Waals surface area (Å²) < 4.78 is 0. The van der Waals surface area contributed by atoms with Gasteiger partial charge < -0.3 is 0 Å². The van der Waals surface area contributed by atoms with Crippen molar-refractivity contribution in [3.8, 4) is 11.3 Å². The molecule has 0 atom stereocenters. The van der Waals surface area contributed by atoms with Crippen LogP contribution in [0.1, 0.15) is 5.56 Å². The zero-order valence-corrected chi connectivity index (χ0v) is 11.6. The maximum absolute atomic E-state index is 4.62. The van der Waals surface area contributed by atoms with Crippen molar-refractivity contribution in [3.05, 3.63) is 66.6 Å². The smallest absolute Gasteiger partial charge is 0.0805 e. The Morgan fingerprint density at radius 3 is 2.19 bits per heavy atom. The van der Waals surface area contributed by atoms with E-state index in [9.17, 15) is 0 Å². The minimum atomic E-state index is 0.961. The summed E-state index contributed by atoms with van der Waals surface area (Å²) in [4.78, 5) is 13.5. The number of aryl methyl sites for hydroxylation is 1. The molecule has 0 saturated carbocycles. The van der Waals surface area contributed by atoms with Crippen molar-refractivity contribution in [2.24, 2.45) is 0 Å². The van der Waals surface area contributed by atoms with Crippen molar-refractivity contribution in [2.75, 3.05) is 0 Å². The van der Waals surface area contributed by atoms with Gasteiger partial charge in [-0.25, -0.2) is 0 Å². The van der Waals surface area contributed by atoms with Gasteiger partial charge in [0.05, 0.1) is 16.7 Å². The fourth-order valence-corrected chi connectivity index (χ4v) is 2.78. The van der Waals surface area contributed by atoms with E-state index in [1.165, 1.54) is 5.56 Å². The summed E-state index contributed by atoms with van der Waals surface area (Å²) >= 11 is 0. The Balaban J connectivity index is 2.16. The average Bonchev–Trinajstić information content (AvgIpc) is 2.54. The summed E-state index contributed by atoms with van der Waals surface area (Å²) in [6, 6.07) is 14.2. The fraction of sp³-hybridized carbons (Fsp3) is 0.0556. The molecular weight excluding hydrogens is 258 g/mol. The number of hydrogen-bond acceptors (Lipinski definition) is 3. The third-order valence-electron chi connectivity index (χ3n) is 3.76. The van der Waals surface area contributed by atoms with E-state index in [4.69, 9.17) is 0 Å². The van der Waals surface area contributed by atoms with Gasteiger partial charge in [-0.1, -0.05) is 12.1 Å². The van der Waals surface area contributed by atoms with E-state index in [1.54, 1.807) is 0 Å². The number of hydrogen-bond donors (Lipinski definition) is 0. The molecule has 3 aromatic heterocycles. The van der Waals surface area contributed by atoms with Gasteiger partial charge in [-0.05, 0) is 42.8 Å². The molecule has 3 nitrogen and oxygen atoms in total. The highest BCUT2D eigenvalue weighted by molar-refractivity contribution is 6.03. The van der Waals surface area contributed by atoms with Crippen molar-refractivity contribution in [1.82, 2.24) is 15.0 Å². The zero-order chi connectivity index (χ0) is 14.2. The number of benzene rings is 1. The van der Waals surface area contributed by atoms with Gasteiger partial charge in [0.2, 0.25) is 0 Å². The lowest BCUT2D eigenvalue weighted by Gasteiger charge is -2.11. The fourth-order valence-electron chi connectivity index (χ4n) is 2.78. The van der Waals surface area contributed by atoms with Crippen LogP contribution in [-0.2, 0) is 0 Å². The second-order valence-corrected chi connectivity index (χ2v) is 5.06. The maximum Gasteiger partial charge on any atom is 0.0805 e. The lowest BCUT2D eigenvalue weighted by Crippen LogP contribution is -1.92. The molecule has 0 aliphatic carbocycles. The van der Waals surface area contributed by atoms with E-state index in [1.807, 2.05) is 36.8 Å². The number of fused-ring (bicyclic) bond motifs is 2. The molecule has 0 N–H and O–H groups in total. The second-order valence-electron chi connectivity index (χ2n) is 5.06. The van der Waals surface area contributed by atoms with Gasteiger partial charge in [-0.2, -0.15) is 0 Å². The molecule has 0 amide bonds. The monoisotopic (exact) mass is 271 g/mol. The van der Waals surface area contributed by atoms with Gasteiger partial charge in [0.15, 0.2) is 0 Å². The van der Waals surface area contributed by atoms with Crippen LogP contribution in [0.4, 0.5) is 0 Å². The minimum Gasteiger partial charge on any atom is -0.256 e. The highest BCUT2D eigenvalue weighted by Crippen LogP contribution is 2.33. The highest BCUT2D eigenvalue weighted by atomic mass is 14.7. The van der Waals surface area contributed by atoms with Gasteiger partial charge in [0.25, 0.3) is 0 Å². The molecule has 0 unspecified atom stereocenters. The first-order valence-corrected chi connectivity index (χ1v) is 6.89. The Morgan fingerprint density at radius 2 is 1.38 bits per heavy atom. The van der Waals surface area contributed by atoms with E-state index in [2.05, 4.69) is 46.1 Å². The zero-order valence-electron chi connectivity index (χ0n) is 11.6. The largest absolute Gasteiger partial charge is 0.256 e. The first-order chi connectivity index (χ1) is 10.3. The summed E-state index contributed by atoms with van der Waals surface area (Å²) in [6.07, 6.45) is 5.45. The van der Waals surface area contributed by atoms with Gasteiger partial charge >= 0.3 is 0 Å². The Bertz CT molecular complexity index is 955. The minimum absolute atomic E-state index is 0.961. The van der Waals surface area contributed by atoms with Crippen molar-refractivity contribution in [3.63, 3.8) is 0 Å². The van der Waals surface area contributed by atoms with Crippen LogP contribution in [0.2, 0.25) is 0 Å². The van der Waals surface area contributed by atoms with Gasteiger partial charge in [-0.15, -0.1) is 0 Å². The quantitative estimate of drug-likeness (QED) is 0.522. The summed E-state index contributed by atoms with van der Waals surface area (Å²) in [5.41, 5.74) is 5.25. The average molecular weight is 271 g/mol. The Hall–Kier alpha value is -2.81. The first-order valence-electron chi connectivity index (χ1n) is 6.89. The molecule has 0 aliphatic rings. The van der Waals surface area contributed by atoms with Crippen LogP contribution < -0.4 is 0 Å². The van der Waals surface area contributed by atoms with E-state index in [-0.39, 0.29) is 0 Å². The summed E-state index contributed by atoms with van der Waals surface area (Å²) in [5.74, 6) is 0. The van der Waals surface area contributed by atoms with Gasteiger partial charge in [-0.3, -0.25) is 15.0 Å². The van der Waals surface area contributed by atoms with Crippen LogP contribution in [0.3, 0.4) is 0 Å². The third kappa shape index (κ3) is 1.86. The Labute approximate surface area is 122 Å². The topological polar surface area (TPSA) is 38.7 Å². The number of nitrogens with zero attached hydrogens (tertiary/aromatic N) is 3. The molecule has 0 spiro atoms. The van der Waals surface area contributed by atoms with E-state index >= 15 is 0 Å². The summed E-state index contributed by atoms with van der Waals surface area (Å²) in [6.45, 7) is 2.11. The van der Waals surface area contributed by atoms with E-state index in [0.29, 0.717) is 0 Å². The van der Waals surface area contributed by atoms with Crippen LogP contribution in [0.25, 0.3) is 33.1 Å². The lowest BCUT2D eigenvalue weighted by atomic mass is 9.97. The highest BCUT2D eigenvalue weighted by Gasteiger charge is 2.12. The normalized spacial score (nSPS) is 11.1. The lowest BCUT2D eigenvalue weighted by molar-refractivity contribution is 1.31. The second kappa shape index (κ2) is 4.63. The van der Waals surface area contributed by atoms with E-state index < -0.39 is 0 Å². The van der Waals surface area contributed by atoms with Crippen LogP contribution in [0.5, 0.6) is 0 Å². The standard InChI is InChI=1S/C18H13N3/c1-12-6-7-15-13(4-2-9-19-15)17(12)18-14-5-3-10-20-16(14)8-11-21-18/h2-11H,1H3. The maximum atomic E-state index is 4.62. The van der Waals surface area contributed by atoms with Crippen LogP contribution >= 0.6 is 0 Å². The van der Waals surface area contributed by atoms with Crippen LogP contribution in [-0.4, -0.2) is 15.0 Å². The Morgan fingerprint density at radius 1 is 0.667 bits per heavy atom. The van der Waals surface area contributed by atoms with Gasteiger partial charge in [0.1, 0.15) is 0 Å². The van der Waals surface area contributed by atoms with Crippen molar-refractivity contribution in [1.29, 1.82) is 0 Å². The molecular formula is C18H13N3. The van der Waals surface area contributed by atoms with Gasteiger partial charge in [0, 0.05) is 34.9 Å². The molecule has 3 heterocycles. The molecule has 4 rings (SSSR count). The molecule has 0 saturated heterocycles. The Kier molecular flexibility index (Phi) is 2.64. The molecule has 0 radical (unpaired) electrons. The SMILES string of the molecule is Cc1ccc2ncccc2c1-c1nccc2ncccc12. The number of rotatable bonds is 1. The first kappa shape index (κ1) is 12.0. The van der Waals surface area contributed by atoms with Crippen LogP contribution in [0, 0.1) is 6.92 Å². The molecule has 0 bridgehead atoms. The van der Waals surface area contributed by atoms with Crippen molar-refractivity contribution < 1.29 is 0 Å². The molecule has 0 aliphatic heterocycles. The molecule has 1 aromatic carbocycles. The van der Waals surface area contributed by atoms with Crippen LogP contribution in [0.15, 0.2) is 61.1 Å². The van der Waals surface area contributed by atoms with Crippen molar-refractivity contribution >= 4 is 21.8 Å². The molecule has 4 aromatic rings. The summed E-state index contributed by atoms with van der Waals surface area (Å²) in [7, 11) is 0. The number of aromatic nitrogens is 3. The molecule has 0 fully saturated rings. The third-order valence-corrected chi connectivity index (χ3v) is 3.76. The predicted octanol–water partition coefficient (Wildman–Crippen LogP) is 4.15. The van der Waals surface area contributed by atoms with Crippen molar-refractivity contribution in [2.45, 2.75) is 6.92 Å². The summed E-state index contributed by atoms with van der Waals surface area (Å²) in [5, 5.41) is 2.20. The molecule has 21 heavy (non-hydrogen) atoms.